The third kappa shape index (κ3) is 4.14. The normalized spacial score (nSPS) is 9.85. The molecule has 0 radical (unpaired) electrons. The van der Waals surface area contributed by atoms with E-state index in [4.69, 9.17) is 11.6 Å². The highest BCUT2D eigenvalue weighted by Gasteiger charge is 2.01. The van der Waals surface area contributed by atoms with Gasteiger partial charge in [-0.1, -0.05) is 48.5 Å². The summed E-state index contributed by atoms with van der Waals surface area (Å²) >= 11 is 5.80. The lowest BCUT2D eigenvalue weighted by Crippen LogP contribution is -2.28. The fraction of sp³-hybridized carbons (Fsp3) is 0.0625. The molecular formula is C16H15ClN2O. The third-order valence-electron chi connectivity index (χ3n) is 2.77. The zero-order chi connectivity index (χ0) is 14.4. The van der Waals surface area contributed by atoms with Crippen LogP contribution in [-0.4, -0.2) is 6.03 Å². The van der Waals surface area contributed by atoms with Gasteiger partial charge in [-0.25, -0.2) is 4.79 Å². The van der Waals surface area contributed by atoms with Crippen LogP contribution in [0.4, 0.5) is 10.5 Å². The van der Waals surface area contributed by atoms with Crippen molar-refractivity contribution >= 4 is 29.4 Å². The van der Waals surface area contributed by atoms with Crippen LogP contribution < -0.4 is 10.6 Å². The number of rotatable bonds is 4. The van der Waals surface area contributed by atoms with Crippen molar-refractivity contribution < 1.29 is 4.79 Å². The molecule has 3 nitrogen and oxygen atoms in total. The van der Waals surface area contributed by atoms with Crippen LogP contribution in [0.1, 0.15) is 11.1 Å². The second-order valence-electron chi connectivity index (χ2n) is 4.26. The molecule has 0 aliphatic rings. The molecule has 0 saturated heterocycles. The molecule has 2 amide bonds. The molecule has 2 aromatic carbocycles. The van der Waals surface area contributed by atoms with E-state index in [9.17, 15) is 4.79 Å². The van der Waals surface area contributed by atoms with E-state index in [2.05, 4.69) is 17.2 Å². The fourth-order valence-electron chi connectivity index (χ4n) is 1.66. The molecule has 0 aliphatic heterocycles. The van der Waals surface area contributed by atoms with E-state index in [1.54, 1.807) is 18.2 Å². The van der Waals surface area contributed by atoms with Crippen molar-refractivity contribution in [2.24, 2.45) is 0 Å². The van der Waals surface area contributed by atoms with Gasteiger partial charge in [0.25, 0.3) is 0 Å². The highest BCUT2D eigenvalue weighted by Crippen LogP contribution is 2.11. The quantitative estimate of drug-likeness (QED) is 0.864. The van der Waals surface area contributed by atoms with Crippen LogP contribution in [0.5, 0.6) is 0 Å². The number of nitrogens with one attached hydrogen (secondary N) is 2. The topological polar surface area (TPSA) is 41.1 Å². The van der Waals surface area contributed by atoms with Crippen molar-refractivity contribution in [3.8, 4) is 0 Å². The predicted octanol–water partition coefficient (Wildman–Crippen LogP) is 4.30. The van der Waals surface area contributed by atoms with E-state index in [1.807, 2.05) is 36.4 Å². The zero-order valence-corrected chi connectivity index (χ0v) is 11.7. The first-order valence-electron chi connectivity index (χ1n) is 6.19. The number of halogens is 1. The van der Waals surface area contributed by atoms with Gasteiger partial charge in [-0.05, 0) is 35.4 Å². The van der Waals surface area contributed by atoms with Crippen LogP contribution in [0, 0.1) is 0 Å². The standard InChI is InChI=1S/C16H15ClN2O/c1-2-12-5-9-15(10-6-12)19-16(20)18-11-13-3-7-14(17)8-4-13/h2-10H,1,11H2,(H2,18,19,20). The van der Waals surface area contributed by atoms with Gasteiger partial charge in [-0.15, -0.1) is 0 Å². The van der Waals surface area contributed by atoms with Gasteiger partial charge < -0.3 is 10.6 Å². The largest absolute Gasteiger partial charge is 0.334 e. The Morgan fingerprint density at radius 3 is 2.35 bits per heavy atom. The molecule has 0 aromatic heterocycles. The van der Waals surface area contributed by atoms with E-state index in [1.165, 1.54) is 0 Å². The molecule has 0 unspecified atom stereocenters. The SMILES string of the molecule is C=Cc1ccc(NC(=O)NCc2ccc(Cl)cc2)cc1. The monoisotopic (exact) mass is 286 g/mol. The van der Waals surface area contributed by atoms with Crippen LogP contribution in [-0.2, 0) is 6.54 Å². The lowest BCUT2D eigenvalue weighted by atomic mass is 10.2. The van der Waals surface area contributed by atoms with Crippen molar-refractivity contribution in [3.63, 3.8) is 0 Å². The Balaban J connectivity index is 1.85. The molecule has 0 aliphatic carbocycles. The Kier molecular flexibility index (Phi) is 4.80. The van der Waals surface area contributed by atoms with E-state index < -0.39 is 0 Å². The summed E-state index contributed by atoms with van der Waals surface area (Å²) in [4.78, 5) is 11.7. The fourth-order valence-corrected chi connectivity index (χ4v) is 1.79. The maximum atomic E-state index is 11.7. The van der Waals surface area contributed by atoms with E-state index in [0.717, 1.165) is 16.8 Å². The summed E-state index contributed by atoms with van der Waals surface area (Å²) in [7, 11) is 0. The smallest absolute Gasteiger partial charge is 0.319 e. The summed E-state index contributed by atoms with van der Waals surface area (Å²) in [6, 6.07) is 14.5. The molecule has 0 atom stereocenters. The van der Waals surface area contributed by atoms with E-state index in [0.29, 0.717) is 11.6 Å². The minimum Gasteiger partial charge on any atom is -0.334 e. The summed E-state index contributed by atoms with van der Waals surface area (Å²) in [6.45, 7) is 4.13. The number of anilines is 1. The van der Waals surface area contributed by atoms with Crippen molar-refractivity contribution in [1.29, 1.82) is 0 Å². The molecule has 0 saturated carbocycles. The van der Waals surface area contributed by atoms with Gasteiger partial charge in [0.15, 0.2) is 0 Å². The molecule has 2 aromatic rings. The van der Waals surface area contributed by atoms with Crippen LogP contribution in [0.3, 0.4) is 0 Å². The summed E-state index contributed by atoms with van der Waals surface area (Å²) in [5.41, 5.74) is 2.74. The molecule has 102 valence electrons. The number of carbonyl (C=O) groups is 1. The van der Waals surface area contributed by atoms with Crippen molar-refractivity contribution in [1.82, 2.24) is 5.32 Å². The van der Waals surface area contributed by atoms with Crippen molar-refractivity contribution in [2.75, 3.05) is 5.32 Å². The highest BCUT2D eigenvalue weighted by atomic mass is 35.5. The van der Waals surface area contributed by atoms with Gasteiger partial charge in [0.05, 0.1) is 0 Å². The predicted molar refractivity (Wildman–Crippen MR) is 83.8 cm³/mol. The Bertz CT molecular complexity index is 591. The molecule has 0 heterocycles. The van der Waals surface area contributed by atoms with Gasteiger partial charge in [-0.3, -0.25) is 0 Å². The Morgan fingerprint density at radius 2 is 1.75 bits per heavy atom. The molecule has 2 N–H and O–H groups in total. The number of urea groups is 1. The van der Waals surface area contributed by atoms with Gasteiger partial charge in [0, 0.05) is 17.3 Å². The van der Waals surface area contributed by atoms with Crippen LogP contribution in [0.2, 0.25) is 5.02 Å². The second-order valence-corrected chi connectivity index (χ2v) is 4.70. The summed E-state index contributed by atoms with van der Waals surface area (Å²) in [5, 5.41) is 6.23. The second kappa shape index (κ2) is 6.78. The van der Waals surface area contributed by atoms with Crippen LogP contribution >= 0.6 is 11.6 Å². The minimum absolute atomic E-state index is 0.244. The van der Waals surface area contributed by atoms with E-state index in [-0.39, 0.29) is 6.03 Å². The maximum Gasteiger partial charge on any atom is 0.319 e. The summed E-state index contributed by atoms with van der Waals surface area (Å²) in [5.74, 6) is 0. The first-order chi connectivity index (χ1) is 9.67. The molecule has 0 bridgehead atoms. The van der Waals surface area contributed by atoms with Gasteiger partial charge in [0.2, 0.25) is 0 Å². The minimum atomic E-state index is -0.244. The first kappa shape index (κ1) is 14.2. The summed E-state index contributed by atoms with van der Waals surface area (Å²) in [6.07, 6.45) is 1.75. The van der Waals surface area contributed by atoms with Crippen LogP contribution in [0.15, 0.2) is 55.1 Å². The van der Waals surface area contributed by atoms with Crippen molar-refractivity contribution in [2.45, 2.75) is 6.54 Å². The van der Waals surface area contributed by atoms with Crippen molar-refractivity contribution in [3.05, 3.63) is 71.3 Å². The van der Waals surface area contributed by atoms with E-state index >= 15 is 0 Å². The van der Waals surface area contributed by atoms with Gasteiger partial charge >= 0.3 is 6.03 Å². The Hall–Kier alpha value is -2.26. The molecule has 2 rings (SSSR count). The summed E-state index contributed by atoms with van der Waals surface area (Å²) < 4.78 is 0. The molecule has 20 heavy (non-hydrogen) atoms. The highest BCUT2D eigenvalue weighted by molar-refractivity contribution is 6.30. The number of carbonyl (C=O) groups excluding carboxylic acids is 1. The van der Waals surface area contributed by atoms with Gasteiger partial charge in [-0.2, -0.15) is 0 Å². The average Bonchev–Trinajstić information content (AvgIpc) is 2.47. The molecule has 4 heteroatoms. The molecule has 0 fully saturated rings. The third-order valence-corrected chi connectivity index (χ3v) is 3.02. The maximum absolute atomic E-state index is 11.7. The lowest BCUT2D eigenvalue weighted by Gasteiger charge is -2.08. The average molecular weight is 287 g/mol. The molecular weight excluding hydrogens is 272 g/mol. The lowest BCUT2D eigenvalue weighted by molar-refractivity contribution is 0.251. The number of benzene rings is 2. The Labute approximate surface area is 123 Å². The van der Waals surface area contributed by atoms with Gasteiger partial charge in [0.1, 0.15) is 0 Å². The Morgan fingerprint density at radius 1 is 1.10 bits per heavy atom. The number of amides is 2. The number of hydrogen-bond acceptors (Lipinski definition) is 1. The first-order valence-corrected chi connectivity index (χ1v) is 6.57. The zero-order valence-electron chi connectivity index (χ0n) is 10.9. The molecule has 0 spiro atoms. The van der Waals surface area contributed by atoms with Crippen LogP contribution in [0.25, 0.3) is 6.08 Å². The number of hydrogen-bond donors (Lipinski definition) is 2.